The Bertz CT molecular complexity index is 514. The first-order valence-corrected chi connectivity index (χ1v) is 4.27. The molecule has 0 saturated carbocycles. The minimum atomic E-state index is -1.11. The lowest BCUT2D eigenvalue weighted by molar-refractivity contribution is -0.131. The molecule has 1 aromatic heterocycles. The number of halogens is 1. The molecule has 1 aromatic rings. The van der Waals surface area contributed by atoms with Gasteiger partial charge in [-0.3, -0.25) is 14.3 Å². The largest absolute Gasteiger partial charge is 0.478 e. The predicted octanol–water partition coefficient (Wildman–Crippen LogP) is -0.169. The molecule has 0 unspecified atom stereocenters. The van der Waals surface area contributed by atoms with Crippen LogP contribution in [0.3, 0.4) is 0 Å². The fourth-order valence-electron chi connectivity index (χ4n) is 0.885. The highest BCUT2D eigenvalue weighted by Crippen LogP contribution is 1.95. The van der Waals surface area contributed by atoms with Crippen LogP contribution in [0, 0.1) is 0 Å². The first kappa shape index (κ1) is 11.3. The van der Waals surface area contributed by atoms with Gasteiger partial charge in [-0.05, 0) is 0 Å². The van der Waals surface area contributed by atoms with Gasteiger partial charge in [-0.25, -0.2) is 9.59 Å². The van der Waals surface area contributed by atoms with Crippen molar-refractivity contribution in [2.45, 2.75) is 6.54 Å². The molecule has 0 aliphatic rings. The summed E-state index contributed by atoms with van der Waals surface area (Å²) in [7, 11) is 0. The molecule has 0 spiro atoms. The third-order valence-corrected chi connectivity index (χ3v) is 1.80. The van der Waals surface area contributed by atoms with Crippen LogP contribution in [0.5, 0.6) is 0 Å². The highest BCUT2D eigenvalue weighted by molar-refractivity contribution is 6.30. The topological polar surface area (TPSA) is 92.2 Å². The number of aliphatic carboxylic acids is 1. The van der Waals surface area contributed by atoms with Gasteiger partial charge in [-0.15, -0.1) is 0 Å². The number of carboxylic acids is 1. The zero-order valence-corrected chi connectivity index (χ0v) is 8.19. The minimum absolute atomic E-state index is 0.0294. The van der Waals surface area contributed by atoms with Crippen LogP contribution in [-0.4, -0.2) is 20.6 Å². The van der Waals surface area contributed by atoms with Crippen molar-refractivity contribution in [1.82, 2.24) is 9.55 Å². The number of carbonyl (C=O) groups is 1. The zero-order valence-electron chi connectivity index (χ0n) is 7.44. The number of nitrogens with one attached hydrogen (secondary N) is 1. The second-order valence-corrected chi connectivity index (χ2v) is 3.04. The summed E-state index contributed by atoms with van der Waals surface area (Å²) in [5.74, 6) is -1.11. The quantitative estimate of drug-likeness (QED) is 0.706. The van der Waals surface area contributed by atoms with Crippen LogP contribution >= 0.6 is 11.6 Å². The SMILES string of the molecule is O=C(O)C=CCn1cc(Cl)c(=O)[nH]c1=O. The number of aromatic nitrogens is 2. The molecule has 15 heavy (non-hydrogen) atoms. The van der Waals surface area contributed by atoms with E-state index in [1.54, 1.807) is 0 Å². The molecule has 0 aliphatic carbocycles. The summed E-state index contributed by atoms with van der Waals surface area (Å²) in [6.07, 6.45) is 3.30. The zero-order chi connectivity index (χ0) is 11.4. The second kappa shape index (κ2) is 4.61. The number of allylic oxidation sites excluding steroid dienone is 1. The number of nitrogens with zero attached hydrogens (tertiary/aromatic N) is 1. The smallest absolute Gasteiger partial charge is 0.328 e. The highest BCUT2D eigenvalue weighted by atomic mass is 35.5. The number of carboxylic acid groups (broad SMARTS) is 1. The second-order valence-electron chi connectivity index (χ2n) is 2.63. The maximum atomic E-state index is 11.1. The normalized spacial score (nSPS) is 10.7. The van der Waals surface area contributed by atoms with Crippen molar-refractivity contribution in [3.8, 4) is 0 Å². The van der Waals surface area contributed by atoms with Crippen LogP contribution in [0.15, 0.2) is 27.9 Å². The Labute approximate surface area is 88.4 Å². The lowest BCUT2D eigenvalue weighted by atomic mass is 10.5. The molecule has 1 heterocycles. The molecule has 0 amide bonds. The van der Waals surface area contributed by atoms with E-state index in [1.165, 1.54) is 6.08 Å². The maximum Gasteiger partial charge on any atom is 0.328 e. The Morgan fingerprint density at radius 2 is 2.27 bits per heavy atom. The molecular formula is C8H7ClN2O4. The summed E-state index contributed by atoms with van der Waals surface area (Å²) in [5.41, 5.74) is -1.31. The third-order valence-electron chi connectivity index (χ3n) is 1.53. The van der Waals surface area contributed by atoms with Crippen molar-refractivity contribution in [3.63, 3.8) is 0 Å². The molecule has 80 valence electrons. The molecule has 6 nitrogen and oxygen atoms in total. The Morgan fingerprint density at radius 3 is 2.87 bits per heavy atom. The van der Waals surface area contributed by atoms with Gasteiger partial charge in [0.15, 0.2) is 0 Å². The van der Waals surface area contributed by atoms with Crippen LogP contribution < -0.4 is 11.2 Å². The van der Waals surface area contributed by atoms with Crippen molar-refractivity contribution in [3.05, 3.63) is 44.2 Å². The Morgan fingerprint density at radius 1 is 1.60 bits per heavy atom. The molecule has 7 heteroatoms. The van der Waals surface area contributed by atoms with Crippen molar-refractivity contribution < 1.29 is 9.90 Å². The van der Waals surface area contributed by atoms with Crippen molar-refractivity contribution >= 4 is 17.6 Å². The maximum absolute atomic E-state index is 11.1. The summed E-state index contributed by atoms with van der Waals surface area (Å²) in [4.78, 5) is 34.1. The van der Waals surface area contributed by atoms with E-state index in [9.17, 15) is 14.4 Å². The molecule has 0 aromatic carbocycles. The van der Waals surface area contributed by atoms with Gasteiger partial charge >= 0.3 is 11.7 Å². The predicted molar refractivity (Wildman–Crippen MR) is 53.1 cm³/mol. The number of hydrogen-bond donors (Lipinski definition) is 2. The fraction of sp³-hybridized carbons (Fsp3) is 0.125. The van der Waals surface area contributed by atoms with E-state index in [0.717, 1.165) is 16.8 Å². The van der Waals surface area contributed by atoms with Gasteiger partial charge in [-0.2, -0.15) is 0 Å². The molecular weight excluding hydrogens is 224 g/mol. The summed E-state index contributed by atoms with van der Waals surface area (Å²) in [5, 5.41) is 8.17. The lowest BCUT2D eigenvalue weighted by Gasteiger charge is -1.99. The number of hydrogen-bond acceptors (Lipinski definition) is 3. The van der Waals surface area contributed by atoms with Crippen molar-refractivity contribution in [1.29, 1.82) is 0 Å². The van der Waals surface area contributed by atoms with Gasteiger partial charge in [0, 0.05) is 18.8 Å². The average molecular weight is 231 g/mol. The van der Waals surface area contributed by atoms with E-state index < -0.39 is 17.2 Å². The van der Waals surface area contributed by atoms with Gasteiger partial charge in [0.2, 0.25) is 0 Å². The molecule has 0 aliphatic heterocycles. The van der Waals surface area contributed by atoms with E-state index >= 15 is 0 Å². The number of aromatic amines is 1. The Balaban J connectivity index is 2.97. The fourth-order valence-corrected chi connectivity index (χ4v) is 1.05. The van der Waals surface area contributed by atoms with Crippen LogP contribution in [0.1, 0.15) is 0 Å². The monoisotopic (exact) mass is 230 g/mol. The van der Waals surface area contributed by atoms with Crippen molar-refractivity contribution in [2.75, 3.05) is 0 Å². The highest BCUT2D eigenvalue weighted by Gasteiger charge is 2.00. The van der Waals surface area contributed by atoms with Gasteiger partial charge in [0.05, 0.1) is 0 Å². The Hall–Kier alpha value is -1.82. The van der Waals surface area contributed by atoms with Crippen LogP contribution in [0.25, 0.3) is 0 Å². The van der Waals surface area contributed by atoms with Crippen LogP contribution in [-0.2, 0) is 11.3 Å². The molecule has 0 radical (unpaired) electrons. The van der Waals surface area contributed by atoms with Crippen LogP contribution in [0.4, 0.5) is 0 Å². The van der Waals surface area contributed by atoms with E-state index in [0.29, 0.717) is 0 Å². The molecule has 0 saturated heterocycles. The molecule has 1 rings (SSSR count). The molecule has 0 bridgehead atoms. The van der Waals surface area contributed by atoms with Gasteiger partial charge in [0.25, 0.3) is 5.56 Å². The third kappa shape index (κ3) is 3.10. The van der Waals surface area contributed by atoms with Gasteiger partial charge in [-0.1, -0.05) is 17.7 Å². The van der Waals surface area contributed by atoms with Crippen molar-refractivity contribution in [2.24, 2.45) is 0 Å². The molecule has 0 atom stereocenters. The standard InChI is InChI=1S/C8H7ClN2O4/c9-5-4-11(3-1-2-6(12)13)8(15)10-7(5)14/h1-2,4H,3H2,(H,12,13)(H,10,14,15). The lowest BCUT2D eigenvalue weighted by Crippen LogP contribution is -2.29. The van der Waals surface area contributed by atoms with E-state index in [1.807, 2.05) is 4.98 Å². The molecule has 2 N–H and O–H groups in total. The summed E-state index contributed by atoms with van der Waals surface area (Å²) in [6.45, 7) is 0.0294. The van der Waals surface area contributed by atoms with E-state index in [2.05, 4.69) is 0 Å². The van der Waals surface area contributed by atoms with E-state index in [-0.39, 0.29) is 11.6 Å². The van der Waals surface area contributed by atoms with E-state index in [4.69, 9.17) is 16.7 Å². The number of rotatable bonds is 3. The Kier molecular flexibility index (Phi) is 3.46. The van der Waals surface area contributed by atoms with Gasteiger partial charge < -0.3 is 5.11 Å². The summed E-state index contributed by atoms with van der Waals surface area (Å²) >= 11 is 5.48. The summed E-state index contributed by atoms with van der Waals surface area (Å²) in [6, 6.07) is 0. The minimum Gasteiger partial charge on any atom is -0.478 e. The van der Waals surface area contributed by atoms with Crippen LogP contribution in [0.2, 0.25) is 5.02 Å². The average Bonchev–Trinajstić information content (AvgIpc) is 2.13. The number of H-pyrrole nitrogens is 1. The molecule has 0 fully saturated rings. The first-order chi connectivity index (χ1) is 7.00. The van der Waals surface area contributed by atoms with Gasteiger partial charge in [0.1, 0.15) is 5.02 Å². The summed E-state index contributed by atoms with van der Waals surface area (Å²) < 4.78 is 1.09. The first-order valence-electron chi connectivity index (χ1n) is 3.89.